The third-order valence-corrected chi connectivity index (χ3v) is 6.00. The summed E-state index contributed by atoms with van der Waals surface area (Å²) in [6.07, 6.45) is 1.43. The lowest BCUT2D eigenvalue weighted by atomic mass is 9.98. The number of anilines is 1. The SMILES string of the molecule is CN1CCN(c2ccc(C(=O)N3CCC(Cc4cc(F)cc(F)c4)C3)cc2)CC1. The number of amides is 1. The fourth-order valence-electron chi connectivity index (χ4n) is 4.31. The second kappa shape index (κ2) is 8.49. The molecule has 0 saturated carbocycles. The lowest BCUT2D eigenvalue weighted by Gasteiger charge is -2.34. The van der Waals surface area contributed by atoms with Crippen molar-refractivity contribution in [3.05, 3.63) is 65.2 Å². The molecule has 2 saturated heterocycles. The molecule has 2 heterocycles. The Kier molecular flexibility index (Phi) is 5.81. The molecule has 4 nitrogen and oxygen atoms in total. The largest absolute Gasteiger partial charge is 0.369 e. The summed E-state index contributed by atoms with van der Waals surface area (Å²) in [6, 6.07) is 11.5. The molecule has 1 amide bonds. The number of benzene rings is 2. The van der Waals surface area contributed by atoms with E-state index in [9.17, 15) is 13.6 Å². The number of carbonyl (C=O) groups is 1. The van der Waals surface area contributed by atoms with Crippen molar-refractivity contribution >= 4 is 11.6 Å². The van der Waals surface area contributed by atoms with E-state index in [-0.39, 0.29) is 11.8 Å². The molecule has 6 heteroatoms. The molecule has 29 heavy (non-hydrogen) atoms. The number of carbonyl (C=O) groups excluding carboxylic acids is 1. The normalized spacial score (nSPS) is 20.3. The van der Waals surface area contributed by atoms with E-state index < -0.39 is 11.6 Å². The van der Waals surface area contributed by atoms with E-state index in [1.807, 2.05) is 29.2 Å². The monoisotopic (exact) mass is 399 g/mol. The van der Waals surface area contributed by atoms with E-state index >= 15 is 0 Å². The second-order valence-corrected chi connectivity index (χ2v) is 8.22. The Bertz CT molecular complexity index is 843. The fourth-order valence-corrected chi connectivity index (χ4v) is 4.31. The molecule has 0 bridgehead atoms. The number of hydrogen-bond donors (Lipinski definition) is 0. The molecule has 2 aliphatic rings. The molecule has 2 aromatic carbocycles. The van der Waals surface area contributed by atoms with Gasteiger partial charge in [-0.25, -0.2) is 8.78 Å². The van der Waals surface area contributed by atoms with Crippen molar-refractivity contribution in [2.75, 3.05) is 51.2 Å². The third-order valence-electron chi connectivity index (χ3n) is 6.00. The Hall–Kier alpha value is -2.47. The van der Waals surface area contributed by atoms with E-state index in [1.165, 1.54) is 12.1 Å². The minimum absolute atomic E-state index is 0.0304. The van der Waals surface area contributed by atoms with E-state index in [4.69, 9.17) is 0 Å². The zero-order valence-electron chi connectivity index (χ0n) is 16.8. The van der Waals surface area contributed by atoms with Crippen LogP contribution in [0.25, 0.3) is 0 Å². The molecule has 2 aliphatic heterocycles. The quantitative estimate of drug-likeness (QED) is 0.788. The van der Waals surface area contributed by atoms with Gasteiger partial charge in [-0.3, -0.25) is 4.79 Å². The number of likely N-dealkylation sites (N-methyl/N-ethyl adjacent to an activating group) is 1. The van der Waals surface area contributed by atoms with Crippen molar-refractivity contribution in [1.29, 1.82) is 0 Å². The Morgan fingerprint density at radius 3 is 2.28 bits per heavy atom. The third kappa shape index (κ3) is 4.75. The van der Waals surface area contributed by atoms with E-state index in [0.717, 1.165) is 44.4 Å². The summed E-state index contributed by atoms with van der Waals surface area (Å²) < 4.78 is 26.8. The molecule has 1 unspecified atom stereocenters. The van der Waals surface area contributed by atoms with Crippen LogP contribution in [-0.2, 0) is 6.42 Å². The highest BCUT2D eigenvalue weighted by Gasteiger charge is 2.27. The van der Waals surface area contributed by atoms with Crippen LogP contribution in [0.3, 0.4) is 0 Å². The minimum Gasteiger partial charge on any atom is -0.369 e. The fraction of sp³-hybridized carbons (Fsp3) is 0.435. The van der Waals surface area contributed by atoms with Crippen LogP contribution in [-0.4, -0.2) is 62.0 Å². The highest BCUT2D eigenvalue weighted by molar-refractivity contribution is 5.94. The number of piperazine rings is 1. The molecule has 4 rings (SSSR count). The molecule has 2 aromatic rings. The Morgan fingerprint density at radius 2 is 1.62 bits per heavy atom. The van der Waals surface area contributed by atoms with Crippen LogP contribution in [0.4, 0.5) is 14.5 Å². The number of halogens is 2. The molecule has 154 valence electrons. The maximum absolute atomic E-state index is 13.4. The first-order valence-corrected chi connectivity index (χ1v) is 10.3. The van der Waals surface area contributed by atoms with Gasteiger partial charge in [0.1, 0.15) is 11.6 Å². The zero-order valence-corrected chi connectivity index (χ0v) is 16.8. The van der Waals surface area contributed by atoms with Crippen molar-refractivity contribution in [3.63, 3.8) is 0 Å². The average Bonchev–Trinajstić information content (AvgIpc) is 3.16. The molecule has 0 spiro atoms. The molecular weight excluding hydrogens is 372 g/mol. The van der Waals surface area contributed by atoms with Gasteiger partial charge in [-0.1, -0.05) is 0 Å². The summed E-state index contributed by atoms with van der Waals surface area (Å²) in [7, 11) is 2.13. The lowest BCUT2D eigenvalue weighted by molar-refractivity contribution is 0.0787. The first kappa shape index (κ1) is 19.8. The van der Waals surface area contributed by atoms with Gasteiger partial charge in [-0.05, 0) is 67.8 Å². The van der Waals surface area contributed by atoms with E-state index in [1.54, 1.807) is 0 Å². The topological polar surface area (TPSA) is 26.8 Å². The molecular formula is C23H27F2N3O. The van der Waals surface area contributed by atoms with Crippen LogP contribution in [0.15, 0.2) is 42.5 Å². The van der Waals surface area contributed by atoms with E-state index in [0.29, 0.717) is 30.6 Å². The van der Waals surface area contributed by atoms with Crippen LogP contribution in [0, 0.1) is 17.6 Å². The molecule has 1 atom stereocenters. The predicted molar refractivity (Wildman–Crippen MR) is 110 cm³/mol. The Morgan fingerprint density at radius 1 is 0.966 bits per heavy atom. The Labute approximate surface area is 170 Å². The summed E-state index contributed by atoms with van der Waals surface area (Å²) in [6.45, 7) is 5.39. The van der Waals surface area contributed by atoms with Gasteiger partial charge in [-0.15, -0.1) is 0 Å². The van der Waals surface area contributed by atoms with Crippen molar-refractivity contribution < 1.29 is 13.6 Å². The number of hydrogen-bond acceptors (Lipinski definition) is 3. The van der Waals surface area contributed by atoms with Crippen molar-refractivity contribution in [2.45, 2.75) is 12.8 Å². The van der Waals surface area contributed by atoms with Gasteiger partial charge in [-0.2, -0.15) is 0 Å². The standard InChI is InChI=1S/C23H27F2N3O/c1-26-8-10-27(11-9-26)22-4-2-19(3-5-22)23(29)28-7-6-17(16-28)12-18-13-20(24)15-21(25)14-18/h2-5,13-15,17H,6-12,16H2,1H3. The van der Waals surface area contributed by atoms with Crippen molar-refractivity contribution in [2.24, 2.45) is 5.92 Å². The van der Waals surface area contributed by atoms with Gasteiger partial charge in [0.15, 0.2) is 0 Å². The first-order valence-electron chi connectivity index (χ1n) is 10.3. The summed E-state index contributed by atoms with van der Waals surface area (Å²) in [4.78, 5) is 19.4. The molecule has 0 aromatic heterocycles. The van der Waals surface area contributed by atoms with Crippen LogP contribution < -0.4 is 4.90 Å². The van der Waals surface area contributed by atoms with Crippen LogP contribution in [0.1, 0.15) is 22.3 Å². The maximum atomic E-state index is 13.4. The van der Waals surface area contributed by atoms with E-state index in [2.05, 4.69) is 16.8 Å². The summed E-state index contributed by atoms with van der Waals surface area (Å²) in [5.41, 5.74) is 2.50. The number of nitrogens with zero attached hydrogens (tertiary/aromatic N) is 3. The summed E-state index contributed by atoms with van der Waals surface area (Å²) in [5.74, 6) is -0.842. The van der Waals surface area contributed by atoms with Crippen LogP contribution in [0.2, 0.25) is 0 Å². The van der Waals surface area contributed by atoms with Gasteiger partial charge in [0.2, 0.25) is 0 Å². The molecule has 0 N–H and O–H groups in total. The smallest absolute Gasteiger partial charge is 0.253 e. The summed E-state index contributed by atoms with van der Waals surface area (Å²) in [5, 5.41) is 0. The Balaban J connectivity index is 1.35. The highest BCUT2D eigenvalue weighted by atomic mass is 19.1. The maximum Gasteiger partial charge on any atom is 0.253 e. The zero-order chi connectivity index (χ0) is 20.4. The van der Waals surface area contributed by atoms with Crippen LogP contribution in [0.5, 0.6) is 0 Å². The van der Waals surface area contributed by atoms with Gasteiger partial charge < -0.3 is 14.7 Å². The van der Waals surface area contributed by atoms with Crippen LogP contribution >= 0.6 is 0 Å². The summed E-state index contributed by atoms with van der Waals surface area (Å²) >= 11 is 0. The minimum atomic E-state index is -0.550. The molecule has 2 fully saturated rings. The van der Waals surface area contributed by atoms with Gasteiger partial charge in [0, 0.05) is 56.6 Å². The van der Waals surface area contributed by atoms with Crippen molar-refractivity contribution in [3.8, 4) is 0 Å². The van der Waals surface area contributed by atoms with Crippen molar-refractivity contribution in [1.82, 2.24) is 9.80 Å². The number of rotatable bonds is 4. The number of likely N-dealkylation sites (tertiary alicyclic amines) is 1. The lowest BCUT2D eigenvalue weighted by Crippen LogP contribution is -2.44. The molecule has 0 radical (unpaired) electrons. The highest BCUT2D eigenvalue weighted by Crippen LogP contribution is 2.24. The second-order valence-electron chi connectivity index (χ2n) is 8.22. The van der Waals surface area contributed by atoms with Gasteiger partial charge in [0.25, 0.3) is 5.91 Å². The van der Waals surface area contributed by atoms with Gasteiger partial charge in [0.05, 0.1) is 0 Å². The first-order chi connectivity index (χ1) is 14.0. The predicted octanol–water partition coefficient (Wildman–Crippen LogP) is 3.42. The molecule has 0 aliphatic carbocycles. The average molecular weight is 399 g/mol. The van der Waals surface area contributed by atoms with Gasteiger partial charge >= 0.3 is 0 Å².